The van der Waals surface area contributed by atoms with Gasteiger partial charge in [-0.05, 0) is 37.8 Å². The van der Waals surface area contributed by atoms with Gasteiger partial charge in [0.25, 0.3) is 11.9 Å². The number of aliphatic carboxylic acids is 2. The van der Waals surface area contributed by atoms with Crippen molar-refractivity contribution >= 4 is 11.9 Å². The molecule has 10 heteroatoms. The normalized spacial score (nSPS) is 26.7. The summed E-state index contributed by atoms with van der Waals surface area (Å²) in [5.74, 6) is -1.67. The first-order valence-corrected chi connectivity index (χ1v) is 12.6. The van der Waals surface area contributed by atoms with Crippen molar-refractivity contribution in [2.24, 2.45) is 0 Å². The van der Waals surface area contributed by atoms with E-state index in [1.54, 1.807) is 0 Å². The van der Waals surface area contributed by atoms with Crippen LogP contribution in [0.15, 0.2) is 18.2 Å². The molecule has 2 bridgehead atoms. The molecule has 4 atom stereocenters. The quantitative estimate of drug-likeness (QED) is 0.278. The van der Waals surface area contributed by atoms with Crippen molar-refractivity contribution in [1.29, 1.82) is 0 Å². The Morgan fingerprint density at radius 3 is 1.37 bits per heavy atom. The van der Waals surface area contributed by atoms with Crippen molar-refractivity contribution in [3.8, 4) is 0 Å². The largest absolute Gasteiger partial charge is 0.481 e. The zero-order valence-corrected chi connectivity index (χ0v) is 22.2. The molecule has 35 heavy (non-hydrogen) atoms. The molecule has 1 aromatic rings. The van der Waals surface area contributed by atoms with Crippen LogP contribution in [0.3, 0.4) is 0 Å². The Labute approximate surface area is 220 Å². The predicted octanol–water partition coefficient (Wildman–Crippen LogP) is 2.26. The monoisotopic (exact) mass is 532 g/mol. The van der Waals surface area contributed by atoms with Gasteiger partial charge in [-0.1, -0.05) is 31.7 Å². The second kappa shape index (κ2) is 17.8. The number of nitrogens with zero attached hydrogens (tertiary/aromatic N) is 1. The minimum Gasteiger partial charge on any atom is -0.481 e. The van der Waals surface area contributed by atoms with E-state index in [0.717, 1.165) is 40.0 Å². The third-order valence-electron chi connectivity index (χ3n) is 6.43. The zero-order valence-electron chi connectivity index (χ0n) is 21.1. The van der Waals surface area contributed by atoms with Crippen LogP contribution >= 0.6 is 0 Å². The van der Waals surface area contributed by atoms with Crippen molar-refractivity contribution in [2.75, 3.05) is 13.1 Å². The Balaban J connectivity index is 0.000000598. The summed E-state index contributed by atoms with van der Waals surface area (Å²) >= 11 is 0. The summed E-state index contributed by atoms with van der Waals surface area (Å²) in [5, 5.41) is 30.1. The smallest absolute Gasteiger partial charge is 0.300 e. The van der Waals surface area contributed by atoms with Crippen LogP contribution in [0.25, 0.3) is 0 Å². The summed E-state index contributed by atoms with van der Waals surface area (Å²) in [6, 6.07) is 8.81. The van der Waals surface area contributed by atoms with E-state index >= 15 is 0 Å². The number of rotatable bonds is 0. The fraction of sp³-hybridized carbons (Fsp3) is 0.720. The number of hydrogen-bond acceptors (Lipinski definition) is 7. The molecule has 199 valence electrons. The molecule has 2 saturated carbocycles. The molecule has 0 amide bonds. The Hall–Kier alpha value is -1.55. The van der Waals surface area contributed by atoms with E-state index in [1.807, 2.05) is 0 Å². The van der Waals surface area contributed by atoms with E-state index in [4.69, 9.17) is 24.8 Å². The fourth-order valence-electron chi connectivity index (χ4n) is 4.95. The predicted molar refractivity (Wildman–Crippen MR) is 133 cm³/mol. The minimum atomic E-state index is -0.833. The number of hydrogen-bond donors (Lipinski definition) is 6. The SMILES string of the molecule is CC(=O)O.CC(=O)O.[Mn].c1cc2nc(c1)CN[C@@H]1CCCCC1NCCNC1CCCC[C@H]1NC2. The number of aromatic nitrogens is 1. The summed E-state index contributed by atoms with van der Waals surface area (Å²) in [5.41, 5.74) is 2.34. The molecule has 9 nitrogen and oxygen atoms in total. The zero-order chi connectivity index (χ0) is 24.8. The molecule has 0 saturated heterocycles. The van der Waals surface area contributed by atoms with Gasteiger partial charge in [0.05, 0.1) is 11.4 Å². The summed E-state index contributed by atoms with van der Waals surface area (Å²) in [4.78, 5) is 22.9. The molecule has 4 rings (SSSR count). The first kappa shape index (κ1) is 31.5. The Bertz CT molecular complexity index is 689. The molecule has 1 radical (unpaired) electrons. The molecule has 0 aromatic carbocycles. The number of pyridine rings is 1. The van der Waals surface area contributed by atoms with Crippen LogP contribution in [0, 0.1) is 0 Å². The molecule has 1 aliphatic heterocycles. The third-order valence-corrected chi connectivity index (χ3v) is 6.43. The van der Waals surface area contributed by atoms with Crippen LogP contribution in [0.2, 0.25) is 0 Å². The van der Waals surface area contributed by atoms with E-state index in [1.165, 1.54) is 62.8 Å². The standard InChI is InChI=1S/C21H35N5.2C2H4O2.Mn/c1-3-10-20-18(8-1)22-12-13-23-19-9-2-4-11-21(19)25-15-17-7-5-6-16(26-17)14-24-20;2*1-2(3)4;/h5-7,18-25H,1-4,8-15H2;2*1H3,(H,3,4);/t18?,19?,20-,21-;;;/m1.../s1. The topological polar surface area (TPSA) is 136 Å². The number of carbonyl (C=O) groups is 2. The Kier molecular flexibility index (Phi) is 16.0. The van der Waals surface area contributed by atoms with Gasteiger partial charge in [-0.3, -0.25) is 14.6 Å². The molecule has 2 heterocycles. The molecule has 6 N–H and O–H groups in total. The van der Waals surface area contributed by atoms with E-state index < -0.39 is 11.9 Å². The van der Waals surface area contributed by atoms with Crippen LogP contribution in [0.1, 0.15) is 76.6 Å². The van der Waals surface area contributed by atoms with Crippen LogP contribution < -0.4 is 21.3 Å². The van der Waals surface area contributed by atoms with E-state index in [0.29, 0.717) is 24.2 Å². The Morgan fingerprint density at radius 2 is 1.03 bits per heavy atom. The second-order valence-corrected chi connectivity index (χ2v) is 9.32. The molecule has 2 unspecified atom stereocenters. The van der Waals surface area contributed by atoms with Crippen LogP contribution in [-0.2, 0) is 39.7 Å². The van der Waals surface area contributed by atoms with Gasteiger partial charge in [0.15, 0.2) is 0 Å². The van der Waals surface area contributed by atoms with E-state index in [-0.39, 0.29) is 17.1 Å². The van der Waals surface area contributed by atoms with Crippen molar-refractivity contribution in [3.05, 3.63) is 29.6 Å². The second-order valence-electron chi connectivity index (χ2n) is 9.32. The number of fused-ring (bicyclic) bond motifs is 4. The average Bonchev–Trinajstić information content (AvgIpc) is 2.80. The molecule has 3 aliphatic rings. The number of carboxylic acid groups (broad SMARTS) is 2. The third kappa shape index (κ3) is 13.4. The molecular formula is C25H43MnN5O4. The van der Waals surface area contributed by atoms with Gasteiger partial charge in [0.1, 0.15) is 0 Å². The van der Waals surface area contributed by atoms with E-state index in [2.05, 4.69) is 39.5 Å². The van der Waals surface area contributed by atoms with Gasteiger partial charge >= 0.3 is 0 Å². The van der Waals surface area contributed by atoms with Crippen LogP contribution in [0.4, 0.5) is 0 Å². The van der Waals surface area contributed by atoms with E-state index in [9.17, 15) is 0 Å². The number of nitrogens with one attached hydrogen (secondary N) is 4. The molecule has 1 aromatic heterocycles. The van der Waals surface area contributed by atoms with Crippen molar-refractivity contribution in [3.63, 3.8) is 0 Å². The van der Waals surface area contributed by atoms with Crippen LogP contribution in [-0.4, -0.2) is 64.4 Å². The van der Waals surface area contributed by atoms with Gasteiger partial charge in [-0.25, -0.2) is 0 Å². The summed E-state index contributed by atoms with van der Waals surface area (Å²) in [6.07, 6.45) is 10.5. The summed E-state index contributed by atoms with van der Waals surface area (Å²) in [7, 11) is 0. The van der Waals surface area contributed by atoms with Gasteiger partial charge in [0, 0.05) is 81.3 Å². The summed E-state index contributed by atoms with van der Waals surface area (Å²) in [6.45, 7) is 6.05. The van der Waals surface area contributed by atoms with Crippen molar-refractivity contribution in [2.45, 2.75) is 102 Å². The Morgan fingerprint density at radius 1 is 0.714 bits per heavy atom. The number of carboxylic acids is 2. The average molecular weight is 533 g/mol. The van der Waals surface area contributed by atoms with Gasteiger partial charge in [-0.2, -0.15) is 0 Å². The van der Waals surface area contributed by atoms with Crippen molar-refractivity contribution in [1.82, 2.24) is 26.3 Å². The summed E-state index contributed by atoms with van der Waals surface area (Å²) < 4.78 is 0. The maximum atomic E-state index is 9.00. The van der Waals surface area contributed by atoms with Crippen molar-refractivity contribution < 1.29 is 36.9 Å². The molecular weight excluding hydrogens is 489 g/mol. The van der Waals surface area contributed by atoms with Crippen LogP contribution in [0.5, 0.6) is 0 Å². The molecule has 0 spiro atoms. The molecule has 2 aliphatic carbocycles. The van der Waals surface area contributed by atoms with Gasteiger partial charge in [0.2, 0.25) is 0 Å². The maximum absolute atomic E-state index is 9.00. The molecule has 2 fully saturated rings. The fourth-order valence-corrected chi connectivity index (χ4v) is 4.95. The maximum Gasteiger partial charge on any atom is 0.300 e. The first-order valence-electron chi connectivity index (χ1n) is 12.6. The van der Waals surface area contributed by atoms with Gasteiger partial charge in [-0.15, -0.1) is 0 Å². The van der Waals surface area contributed by atoms with Gasteiger partial charge < -0.3 is 31.5 Å². The minimum absolute atomic E-state index is 0. The first-order chi connectivity index (χ1) is 16.3.